The molecule has 88 valence electrons. The van der Waals surface area contributed by atoms with Crippen LogP contribution in [0, 0.1) is 0 Å². The van der Waals surface area contributed by atoms with E-state index in [0.717, 1.165) is 18.4 Å². The summed E-state index contributed by atoms with van der Waals surface area (Å²) in [5.41, 5.74) is 6.84. The summed E-state index contributed by atoms with van der Waals surface area (Å²) in [4.78, 5) is 17.4. The monoisotopic (exact) mass is 221 g/mol. The molecule has 0 radical (unpaired) electrons. The summed E-state index contributed by atoms with van der Waals surface area (Å²) in [6.45, 7) is 2.61. The predicted octanol–water partition coefficient (Wildman–Crippen LogP) is 1.17. The van der Waals surface area contributed by atoms with Crippen molar-refractivity contribution in [1.29, 1.82) is 0 Å². The van der Waals surface area contributed by atoms with Crippen molar-refractivity contribution in [3.05, 3.63) is 30.1 Å². The molecule has 0 aliphatic rings. The molecule has 0 fully saturated rings. The van der Waals surface area contributed by atoms with Gasteiger partial charge in [0.2, 0.25) is 5.91 Å². The third-order valence-corrected chi connectivity index (χ3v) is 2.46. The molecule has 2 N–H and O–H groups in total. The number of aromatic nitrogens is 1. The maximum Gasteiger partial charge on any atom is 0.239 e. The number of nitrogens with zero attached hydrogens (tertiary/aromatic N) is 2. The summed E-state index contributed by atoms with van der Waals surface area (Å²) in [6, 6.07) is 3.42. The lowest BCUT2D eigenvalue weighted by Crippen LogP contribution is -2.41. The molecule has 0 saturated heterocycles. The molecule has 1 heterocycles. The van der Waals surface area contributed by atoms with Gasteiger partial charge in [-0.2, -0.15) is 0 Å². The van der Waals surface area contributed by atoms with E-state index in [-0.39, 0.29) is 11.9 Å². The van der Waals surface area contributed by atoms with Crippen LogP contribution in [0.4, 0.5) is 0 Å². The van der Waals surface area contributed by atoms with Crippen LogP contribution in [-0.4, -0.2) is 28.9 Å². The molecule has 1 aromatic heterocycles. The Morgan fingerprint density at radius 1 is 1.50 bits per heavy atom. The van der Waals surface area contributed by atoms with E-state index in [1.54, 1.807) is 24.3 Å². The average molecular weight is 221 g/mol. The first-order valence-electron chi connectivity index (χ1n) is 5.54. The molecule has 4 nitrogen and oxygen atoms in total. The minimum Gasteiger partial charge on any atom is -0.340 e. The lowest BCUT2D eigenvalue weighted by molar-refractivity contribution is -0.131. The van der Waals surface area contributed by atoms with E-state index in [2.05, 4.69) is 4.98 Å². The first kappa shape index (κ1) is 12.6. The van der Waals surface area contributed by atoms with E-state index >= 15 is 0 Å². The molecule has 16 heavy (non-hydrogen) atoms. The van der Waals surface area contributed by atoms with E-state index in [9.17, 15) is 4.79 Å². The SMILES string of the molecule is CCCC(N)C(=O)N(C)Cc1ccncc1. The molecule has 0 saturated carbocycles. The second kappa shape index (κ2) is 6.23. The number of carbonyl (C=O) groups excluding carboxylic acids is 1. The highest BCUT2D eigenvalue weighted by Crippen LogP contribution is 2.04. The van der Waals surface area contributed by atoms with Crippen molar-refractivity contribution in [3.8, 4) is 0 Å². The van der Waals surface area contributed by atoms with E-state index in [4.69, 9.17) is 5.73 Å². The van der Waals surface area contributed by atoms with Gasteiger partial charge in [0.25, 0.3) is 0 Å². The van der Waals surface area contributed by atoms with E-state index in [0.29, 0.717) is 6.54 Å². The Balaban J connectivity index is 2.52. The van der Waals surface area contributed by atoms with Crippen molar-refractivity contribution >= 4 is 5.91 Å². The van der Waals surface area contributed by atoms with Gasteiger partial charge in [0.05, 0.1) is 6.04 Å². The van der Waals surface area contributed by atoms with Crippen LogP contribution in [-0.2, 0) is 11.3 Å². The first-order chi connectivity index (χ1) is 7.65. The van der Waals surface area contributed by atoms with Crippen molar-refractivity contribution in [1.82, 2.24) is 9.88 Å². The molecule has 0 spiro atoms. The van der Waals surface area contributed by atoms with Gasteiger partial charge in [0.15, 0.2) is 0 Å². The average Bonchev–Trinajstić information content (AvgIpc) is 2.29. The van der Waals surface area contributed by atoms with Crippen LogP contribution in [0.15, 0.2) is 24.5 Å². The molecule has 0 aromatic carbocycles. The highest BCUT2D eigenvalue weighted by atomic mass is 16.2. The Kier molecular flexibility index (Phi) is 4.92. The van der Waals surface area contributed by atoms with Crippen LogP contribution in [0.2, 0.25) is 0 Å². The van der Waals surface area contributed by atoms with Gasteiger partial charge in [0.1, 0.15) is 0 Å². The molecule has 1 aromatic rings. The molecule has 0 aliphatic heterocycles. The molecule has 0 aliphatic carbocycles. The van der Waals surface area contributed by atoms with Gasteiger partial charge in [-0.25, -0.2) is 0 Å². The number of amides is 1. The normalized spacial score (nSPS) is 12.2. The quantitative estimate of drug-likeness (QED) is 0.812. The van der Waals surface area contributed by atoms with Crippen LogP contribution in [0.25, 0.3) is 0 Å². The van der Waals surface area contributed by atoms with Gasteiger partial charge in [-0.3, -0.25) is 9.78 Å². The number of likely N-dealkylation sites (N-methyl/N-ethyl adjacent to an activating group) is 1. The van der Waals surface area contributed by atoms with Crippen molar-refractivity contribution in [2.75, 3.05) is 7.05 Å². The van der Waals surface area contributed by atoms with Gasteiger partial charge in [-0.1, -0.05) is 13.3 Å². The predicted molar refractivity (Wildman–Crippen MR) is 63.6 cm³/mol. The largest absolute Gasteiger partial charge is 0.340 e. The molecular weight excluding hydrogens is 202 g/mol. The lowest BCUT2D eigenvalue weighted by atomic mass is 10.1. The fraction of sp³-hybridized carbons (Fsp3) is 0.500. The third kappa shape index (κ3) is 3.62. The Morgan fingerprint density at radius 2 is 2.12 bits per heavy atom. The molecule has 1 unspecified atom stereocenters. The summed E-state index contributed by atoms with van der Waals surface area (Å²) in [5.74, 6) is -0.00124. The number of hydrogen-bond donors (Lipinski definition) is 1. The second-order valence-corrected chi connectivity index (χ2v) is 3.94. The van der Waals surface area contributed by atoms with Crippen LogP contribution in [0.5, 0.6) is 0 Å². The number of carbonyl (C=O) groups is 1. The zero-order valence-corrected chi connectivity index (χ0v) is 9.89. The minimum atomic E-state index is -0.378. The topological polar surface area (TPSA) is 59.2 Å². The molecule has 1 rings (SSSR count). The number of rotatable bonds is 5. The van der Waals surface area contributed by atoms with Crippen molar-refractivity contribution in [2.45, 2.75) is 32.4 Å². The van der Waals surface area contributed by atoms with E-state index < -0.39 is 0 Å². The maximum absolute atomic E-state index is 11.8. The van der Waals surface area contributed by atoms with Gasteiger partial charge < -0.3 is 10.6 Å². The highest BCUT2D eigenvalue weighted by Gasteiger charge is 2.16. The lowest BCUT2D eigenvalue weighted by Gasteiger charge is -2.21. The van der Waals surface area contributed by atoms with Crippen LogP contribution < -0.4 is 5.73 Å². The Morgan fingerprint density at radius 3 is 2.69 bits per heavy atom. The maximum atomic E-state index is 11.8. The Hall–Kier alpha value is -1.42. The van der Waals surface area contributed by atoms with Crippen LogP contribution in [0.3, 0.4) is 0 Å². The van der Waals surface area contributed by atoms with Crippen molar-refractivity contribution < 1.29 is 4.79 Å². The minimum absolute atomic E-state index is 0.00124. The molecule has 1 atom stereocenters. The van der Waals surface area contributed by atoms with Crippen molar-refractivity contribution in [3.63, 3.8) is 0 Å². The standard InChI is InChI=1S/C12H19N3O/c1-3-4-11(13)12(16)15(2)9-10-5-7-14-8-6-10/h5-8,11H,3-4,9,13H2,1-2H3. The second-order valence-electron chi connectivity index (χ2n) is 3.94. The van der Waals surface area contributed by atoms with E-state index in [1.165, 1.54) is 0 Å². The molecule has 0 bridgehead atoms. The summed E-state index contributed by atoms with van der Waals surface area (Å²) in [5, 5.41) is 0. The third-order valence-electron chi connectivity index (χ3n) is 2.46. The number of pyridine rings is 1. The highest BCUT2D eigenvalue weighted by molar-refractivity contribution is 5.81. The Bertz CT molecular complexity index is 326. The fourth-order valence-corrected chi connectivity index (χ4v) is 1.56. The smallest absolute Gasteiger partial charge is 0.239 e. The summed E-state index contributed by atoms with van der Waals surface area (Å²) < 4.78 is 0. The summed E-state index contributed by atoms with van der Waals surface area (Å²) in [6.07, 6.45) is 5.11. The number of hydrogen-bond acceptors (Lipinski definition) is 3. The Labute approximate surface area is 96.5 Å². The van der Waals surface area contributed by atoms with Gasteiger partial charge in [-0.05, 0) is 24.1 Å². The zero-order valence-electron chi connectivity index (χ0n) is 9.89. The summed E-state index contributed by atoms with van der Waals surface area (Å²) in [7, 11) is 1.78. The van der Waals surface area contributed by atoms with Crippen LogP contribution >= 0.6 is 0 Å². The zero-order chi connectivity index (χ0) is 12.0. The fourth-order valence-electron chi connectivity index (χ4n) is 1.56. The van der Waals surface area contributed by atoms with Crippen LogP contribution in [0.1, 0.15) is 25.3 Å². The van der Waals surface area contributed by atoms with Gasteiger partial charge >= 0.3 is 0 Å². The first-order valence-corrected chi connectivity index (χ1v) is 5.54. The van der Waals surface area contributed by atoms with Crippen molar-refractivity contribution in [2.24, 2.45) is 5.73 Å². The van der Waals surface area contributed by atoms with Gasteiger partial charge in [-0.15, -0.1) is 0 Å². The molecule has 4 heteroatoms. The molecular formula is C12H19N3O. The van der Waals surface area contributed by atoms with E-state index in [1.807, 2.05) is 19.1 Å². The number of nitrogens with two attached hydrogens (primary N) is 1. The molecule has 1 amide bonds. The van der Waals surface area contributed by atoms with Gasteiger partial charge in [0, 0.05) is 26.0 Å². The summed E-state index contributed by atoms with van der Waals surface area (Å²) >= 11 is 0.